The molecule has 2 bridgehead atoms. The van der Waals surface area contributed by atoms with Crippen LogP contribution < -0.4 is 14.4 Å². The lowest BCUT2D eigenvalue weighted by Gasteiger charge is -2.48. The first-order valence-corrected chi connectivity index (χ1v) is 21.4. The average Bonchev–Trinajstić information content (AvgIpc) is 3.31. The first-order chi connectivity index (χ1) is 25.3. The van der Waals surface area contributed by atoms with E-state index in [1.807, 2.05) is 18.2 Å². The highest BCUT2D eigenvalue weighted by molar-refractivity contribution is 7.84. The van der Waals surface area contributed by atoms with Gasteiger partial charge in [-0.15, -0.1) is 11.6 Å². The molecule has 2 saturated heterocycles. The van der Waals surface area contributed by atoms with Crippen molar-refractivity contribution >= 4 is 34.2 Å². The smallest absolute Gasteiger partial charge is 0.263 e. The number of rotatable bonds is 7. The van der Waals surface area contributed by atoms with Gasteiger partial charge in [-0.1, -0.05) is 50.1 Å². The lowest BCUT2D eigenvalue weighted by molar-refractivity contribution is -0.0492. The minimum Gasteiger partial charge on any atom is -0.491 e. The van der Waals surface area contributed by atoms with Gasteiger partial charge in [0.25, 0.3) is 5.91 Å². The molecule has 9 atom stereocenters. The molecule has 1 N–H and O–H groups in total. The third-order valence-electron chi connectivity index (χ3n) is 12.6. The average molecular weight is 755 g/mol. The summed E-state index contributed by atoms with van der Waals surface area (Å²) >= 11 is 6.64. The van der Waals surface area contributed by atoms with Crippen LogP contribution in [0.4, 0.5) is 5.69 Å². The van der Waals surface area contributed by atoms with Gasteiger partial charge >= 0.3 is 0 Å². The largest absolute Gasteiger partial charge is 0.491 e. The van der Waals surface area contributed by atoms with Crippen molar-refractivity contribution in [2.75, 3.05) is 84.3 Å². The number of benzene rings is 1. The maximum atomic E-state index is 13.7. The molecule has 1 saturated carbocycles. The van der Waals surface area contributed by atoms with Crippen molar-refractivity contribution in [1.82, 2.24) is 14.5 Å². The standard InChI is InChI=1S/C41H59ClN4O5S/c1-4-6-29-19-34(42)11-13-36(29)33-23-46-22-32-9-12-37(32)31(21-44-15-16-45-17-18-50-26-35(45)24-44)8-5-7-28(2)40(27-49-3)52(48)43-41(47)30-10-14-39(51-25-33)38(46)20-30/h5,8,10-11,13-14,20,28,31-35,37,40H,4,6-7,9,12,15-19,21-27H2,1-3H3,(H,43,47)/b8-5+. The highest BCUT2D eigenvalue weighted by Crippen LogP contribution is 2.45. The van der Waals surface area contributed by atoms with Crippen LogP contribution in [0, 0.1) is 29.6 Å². The number of ether oxygens (including phenoxy) is 3. The molecule has 52 heavy (non-hydrogen) atoms. The number of halogens is 1. The normalized spacial score (nSPS) is 35.4. The SMILES string of the molecule is CCCC1=C(C2COc3ccc4cc3N(C2)CC2CCC2C(CN2CCN3CCOCC3C2)/C=C/CC(C)C(COC)S(=O)NC4=O)C=CC(Cl)C1. The van der Waals surface area contributed by atoms with E-state index in [0.29, 0.717) is 42.6 Å². The van der Waals surface area contributed by atoms with Crippen LogP contribution in [-0.4, -0.2) is 116 Å². The van der Waals surface area contributed by atoms with Gasteiger partial charge in [0.05, 0.1) is 42.7 Å². The van der Waals surface area contributed by atoms with E-state index in [4.69, 9.17) is 25.8 Å². The Hall–Kier alpha value is -2.21. The van der Waals surface area contributed by atoms with E-state index in [1.54, 1.807) is 7.11 Å². The minimum absolute atomic E-state index is 0.0320. The summed E-state index contributed by atoms with van der Waals surface area (Å²) < 4.78 is 34.6. The van der Waals surface area contributed by atoms with Crippen LogP contribution in [0.2, 0.25) is 0 Å². The molecule has 1 aromatic carbocycles. The molecule has 1 aromatic rings. The number of carbonyl (C=O) groups excluding carboxylic acids is 1. The van der Waals surface area contributed by atoms with Crippen molar-refractivity contribution in [3.63, 3.8) is 0 Å². The second-order valence-electron chi connectivity index (χ2n) is 16.0. The number of hydrogen-bond acceptors (Lipinski definition) is 8. The topological polar surface area (TPSA) is 83.6 Å². The molecule has 6 aliphatic rings. The number of morpholine rings is 1. The number of anilines is 1. The van der Waals surface area contributed by atoms with Crippen molar-refractivity contribution in [3.8, 4) is 5.75 Å². The highest BCUT2D eigenvalue weighted by atomic mass is 35.5. The van der Waals surface area contributed by atoms with Crippen LogP contribution in [0.1, 0.15) is 62.7 Å². The van der Waals surface area contributed by atoms with E-state index >= 15 is 0 Å². The van der Waals surface area contributed by atoms with E-state index in [-0.39, 0.29) is 28.4 Å². The van der Waals surface area contributed by atoms with E-state index in [0.717, 1.165) is 96.1 Å². The first-order valence-electron chi connectivity index (χ1n) is 19.8. The quantitative estimate of drug-likeness (QED) is 0.275. The number of piperazine rings is 1. The van der Waals surface area contributed by atoms with Crippen molar-refractivity contribution in [2.24, 2.45) is 29.6 Å². The molecule has 0 spiro atoms. The van der Waals surface area contributed by atoms with E-state index in [9.17, 15) is 9.00 Å². The maximum absolute atomic E-state index is 13.7. The number of nitrogens with zero attached hydrogens (tertiary/aromatic N) is 3. The fourth-order valence-electron chi connectivity index (χ4n) is 9.45. The van der Waals surface area contributed by atoms with Crippen molar-refractivity contribution < 1.29 is 23.2 Å². The number of nitrogens with one attached hydrogen (secondary N) is 1. The molecule has 0 radical (unpaired) electrons. The molecule has 4 aliphatic heterocycles. The number of allylic oxidation sites excluding steroid dienone is 4. The van der Waals surface area contributed by atoms with Gasteiger partial charge in [-0.25, -0.2) is 4.21 Å². The van der Waals surface area contributed by atoms with Gasteiger partial charge in [-0.2, -0.15) is 0 Å². The van der Waals surface area contributed by atoms with Gasteiger partial charge in [0.1, 0.15) is 16.7 Å². The lowest BCUT2D eigenvalue weighted by Crippen LogP contribution is -2.59. The summed E-state index contributed by atoms with van der Waals surface area (Å²) in [5.74, 6) is 2.22. The number of hydrogen-bond donors (Lipinski definition) is 1. The number of fused-ring (bicyclic) bond motifs is 3. The molecule has 0 aromatic heterocycles. The highest BCUT2D eigenvalue weighted by Gasteiger charge is 2.40. The molecule has 286 valence electrons. The number of methoxy groups -OCH3 is 1. The van der Waals surface area contributed by atoms with Gasteiger partial charge in [0.15, 0.2) is 0 Å². The zero-order valence-electron chi connectivity index (χ0n) is 31.4. The van der Waals surface area contributed by atoms with Crippen molar-refractivity contribution in [2.45, 2.75) is 69.0 Å². The Labute approximate surface area is 318 Å². The molecule has 9 unspecified atom stereocenters. The number of amides is 1. The summed E-state index contributed by atoms with van der Waals surface area (Å²) in [6.45, 7) is 14.0. The van der Waals surface area contributed by atoms with Crippen molar-refractivity contribution in [1.29, 1.82) is 0 Å². The summed E-state index contributed by atoms with van der Waals surface area (Å²) in [5.41, 5.74) is 4.25. The van der Waals surface area contributed by atoms with Crippen LogP contribution in [0.15, 0.2) is 53.6 Å². The third-order valence-corrected chi connectivity index (χ3v) is 14.4. The lowest BCUT2D eigenvalue weighted by atomic mass is 9.66. The molecule has 3 fully saturated rings. The molecule has 1 amide bonds. The van der Waals surface area contributed by atoms with Crippen LogP contribution in [0.5, 0.6) is 5.75 Å². The number of carbonyl (C=O) groups is 1. The molecule has 9 nitrogen and oxygen atoms in total. The molecular weight excluding hydrogens is 696 g/mol. The second kappa shape index (κ2) is 17.5. The Kier molecular flexibility index (Phi) is 12.8. The third kappa shape index (κ3) is 8.68. The Morgan fingerprint density at radius 1 is 1.10 bits per heavy atom. The number of alkyl halides is 1. The predicted molar refractivity (Wildman–Crippen MR) is 209 cm³/mol. The van der Waals surface area contributed by atoms with Crippen LogP contribution in [0.25, 0.3) is 0 Å². The van der Waals surface area contributed by atoms with E-state index < -0.39 is 11.0 Å². The summed E-state index contributed by atoms with van der Waals surface area (Å²) in [5, 5.41) is -0.298. The summed E-state index contributed by atoms with van der Waals surface area (Å²) in [7, 11) is 0.0198. The molecular formula is C41H59ClN4O5S. The monoisotopic (exact) mass is 754 g/mol. The van der Waals surface area contributed by atoms with Gasteiger partial charge in [-0.3, -0.25) is 19.3 Å². The van der Waals surface area contributed by atoms with Crippen LogP contribution in [0.3, 0.4) is 0 Å². The summed E-state index contributed by atoms with van der Waals surface area (Å²) in [6.07, 6.45) is 15.4. The zero-order valence-corrected chi connectivity index (χ0v) is 32.9. The fourth-order valence-corrected chi connectivity index (χ4v) is 10.9. The zero-order chi connectivity index (χ0) is 36.2. The molecule has 11 heteroatoms. The Balaban J connectivity index is 1.21. The van der Waals surface area contributed by atoms with Crippen molar-refractivity contribution in [3.05, 3.63) is 59.2 Å². The summed E-state index contributed by atoms with van der Waals surface area (Å²) in [4.78, 5) is 21.5. The van der Waals surface area contributed by atoms with Gasteiger partial charge < -0.3 is 19.1 Å². The molecule has 2 aliphatic carbocycles. The van der Waals surface area contributed by atoms with E-state index in [2.05, 4.69) is 57.6 Å². The second-order valence-corrected chi connectivity index (χ2v) is 18.0. The van der Waals surface area contributed by atoms with E-state index in [1.165, 1.54) is 24.0 Å². The Bertz CT molecular complexity index is 1540. The Morgan fingerprint density at radius 2 is 1.98 bits per heavy atom. The van der Waals surface area contributed by atoms with Gasteiger partial charge in [-0.05, 0) is 79.5 Å². The summed E-state index contributed by atoms with van der Waals surface area (Å²) in [6, 6.07) is 6.19. The Morgan fingerprint density at radius 3 is 2.79 bits per heavy atom. The minimum atomic E-state index is -1.62. The predicted octanol–water partition coefficient (Wildman–Crippen LogP) is 5.83. The van der Waals surface area contributed by atoms with Crippen LogP contribution in [-0.2, 0) is 20.5 Å². The molecule has 7 rings (SSSR count). The molecule has 4 heterocycles. The maximum Gasteiger partial charge on any atom is 0.263 e. The fraction of sp³-hybridized carbons (Fsp3) is 0.683. The van der Waals surface area contributed by atoms with Crippen LogP contribution >= 0.6 is 11.6 Å². The van der Waals surface area contributed by atoms with Gasteiger partial charge in [0.2, 0.25) is 0 Å². The van der Waals surface area contributed by atoms with Gasteiger partial charge in [0, 0.05) is 70.4 Å². The first kappa shape index (κ1) is 38.1.